The molecule has 0 saturated heterocycles. The molecule has 0 aliphatic heterocycles. The van der Waals surface area contributed by atoms with Crippen LogP contribution in [0.25, 0.3) is 0 Å². The number of hydrogen-bond donors (Lipinski definition) is 2. The molecule has 22 heavy (non-hydrogen) atoms. The average Bonchev–Trinajstić information content (AvgIpc) is 2.44. The van der Waals surface area contributed by atoms with Crippen molar-refractivity contribution in [1.29, 1.82) is 0 Å². The smallest absolute Gasteiger partial charge is 0.170 e. The molecule has 116 valence electrons. The monoisotopic (exact) mass is 316 g/mol. The maximum atomic E-state index is 12.8. The fourth-order valence-electron chi connectivity index (χ4n) is 2.37. The first-order valence-corrected chi connectivity index (χ1v) is 7.81. The van der Waals surface area contributed by atoms with Crippen LogP contribution in [0.3, 0.4) is 0 Å². The normalized spacial score (nSPS) is 10.3. The molecule has 0 amide bonds. The second kappa shape index (κ2) is 7.90. The van der Waals surface area contributed by atoms with Gasteiger partial charge in [-0.25, -0.2) is 4.39 Å². The standard InChI is InChI=1S/C18H21FN2S/c1-13-10-14(2)12-17(11-13)21-18(22)20-9-3-4-15-5-7-16(19)8-6-15/h5-8,10-12H,3-4,9H2,1-2H3,(H2,20,21,22). The second-order valence-corrected chi connectivity index (χ2v) is 5.90. The Labute approximate surface area is 136 Å². The number of thiocarbonyl (C=S) groups is 1. The van der Waals surface area contributed by atoms with Gasteiger partial charge in [-0.05, 0) is 79.9 Å². The van der Waals surface area contributed by atoms with E-state index < -0.39 is 0 Å². The summed E-state index contributed by atoms with van der Waals surface area (Å²) in [5, 5.41) is 7.03. The van der Waals surface area contributed by atoms with Gasteiger partial charge in [-0.15, -0.1) is 0 Å². The summed E-state index contributed by atoms with van der Waals surface area (Å²) in [6.07, 6.45) is 1.85. The van der Waals surface area contributed by atoms with Crippen molar-refractivity contribution in [2.75, 3.05) is 11.9 Å². The molecule has 0 bridgehead atoms. The van der Waals surface area contributed by atoms with Gasteiger partial charge in [-0.3, -0.25) is 0 Å². The van der Waals surface area contributed by atoms with Gasteiger partial charge in [0.2, 0.25) is 0 Å². The van der Waals surface area contributed by atoms with Crippen LogP contribution in [0, 0.1) is 19.7 Å². The SMILES string of the molecule is Cc1cc(C)cc(NC(=S)NCCCc2ccc(F)cc2)c1. The molecule has 0 aliphatic rings. The molecule has 0 saturated carbocycles. The van der Waals surface area contributed by atoms with E-state index in [1.54, 1.807) is 0 Å². The average molecular weight is 316 g/mol. The Morgan fingerprint density at radius 3 is 2.32 bits per heavy atom. The highest BCUT2D eigenvalue weighted by Gasteiger charge is 2.00. The van der Waals surface area contributed by atoms with Crippen LogP contribution < -0.4 is 10.6 Å². The zero-order valence-electron chi connectivity index (χ0n) is 12.9. The van der Waals surface area contributed by atoms with Crippen molar-refractivity contribution in [3.63, 3.8) is 0 Å². The molecule has 0 heterocycles. The molecule has 2 aromatic rings. The first kappa shape index (κ1) is 16.4. The minimum absolute atomic E-state index is 0.194. The van der Waals surface area contributed by atoms with E-state index in [1.807, 2.05) is 12.1 Å². The lowest BCUT2D eigenvalue weighted by atomic mass is 10.1. The number of aryl methyl sites for hydroxylation is 3. The molecule has 4 heteroatoms. The van der Waals surface area contributed by atoms with E-state index in [2.05, 4.69) is 42.7 Å². The van der Waals surface area contributed by atoms with Crippen molar-refractivity contribution in [3.8, 4) is 0 Å². The summed E-state index contributed by atoms with van der Waals surface area (Å²) in [6.45, 7) is 4.92. The number of rotatable bonds is 5. The van der Waals surface area contributed by atoms with Crippen molar-refractivity contribution in [3.05, 3.63) is 65.0 Å². The molecule has 0 spiro atoms. The fraction of sp³-hybridized carbons (Fsp3) is 0.278. The van der Waals surface area contributed by atoms with E-state index in [0.717, 1.165) is 30.6 Å². The van der Waals surface area contributed by atoms with Gasteiger partial charge in [0.1, 0.15) is 5.82 Å². The van der Waals surface area contributed by atoms with Gasteiger partial charge in [0.25, 0.3) is 0 Å². The fourth-order valence-corrected chi connectivity index (χ4v) is 2.59. The third-order valence-electron chi connectivity index (χ3n) is 3.32. The van der Waals surface area contributed by atoms with Gasteiger partial charge in [0.05, 0.1) is 0 Å². The van der Waals surface area contributed by atoms with Crippen molar-refractivity contribution in [1.82, 2.24) is 5.32 Å². The molecular weight excluding hydrogens is 295 g/mol. The molecule has 2 N–H and O–H groups in total. The molecular formula is C18H21FN2S. The van der Waals surface area contributed by atoms with Gasteiger partial charge >= 0.3 is 0 Å². The highest BCUT2D eigenvalue weighted by molar-refractivity contribution is 7.80. The summed E-state index contributed by atoms with van der Waals surface area (Å²) in [7, 11) is 0. The van der Waals surface area contributed by atoms with Crippen LogP contribution >= 0.6 is 12.2 Å². The number of benzene rings is 2. The number of nitrogens with one attached hydrogen (secondary N) is 2. The number of anilines is 1. The number of hydrogen-bond acceptors (Lipinski definition) is 1. The van der Waals surface area contributed by atoms with Gasteiger partial charge in [-0.2, -0.15) is 0 Å². The third kappa shape index (κ3) is 5.45. The van der Waals surface area contributed by atoms with Crippen LogP contribution in [0.2, 0.25) is 0 Å². The molecule has 0 radical (unpaired) electrons. The van der Waals surface area contributed by atoms with Crippen LogP contribution in [-0.4, -0.2) is 11.7 Å². The van der Waals surface area contributed by atoms with E-state index in [0.29, 0.717) is 5.11 Å². The maximum Gasteiger partial charge on any atom is 0.170 e. The zero-order valence-corrected chi connectivity index (χ0v) is 13.8. The van der Waals surface area contributed by atoms with Gasteiger partial charge in [0, 0.05) is 12.2 Å². The van der Waals surface area contributed by atoms with Crippen LogP contribution in [0.15, 0.2) is 42.5 Å². The van der Waals surface area contributed by atoms with Crippen molar-refractivity contribution < 1.29 is 4.39 Å². The number of halogens is 1. The maximum absolute atomic E-state index is 12.8. The Balaban J connectivity index is 1.72. The van der Waals surface area contributed by atoms with Gasteiger partial charge in [-0.1, -0.05) is 18.2 Å². The highest BCUT2D eigenvalue weighted by Crippen LogP contribution is 2.13. The quantitative estimate of drug-likeness (QED) is 0.633. The molecule has 2 aromatic carbocycles. The third-order valence-corrected chi connectivity index (χ3v) is 3.57. The lowest BCUT2D eigenvalue weighted by Gasteiger charge is -2.12. The molecule has 2 nitrogen and oxygen atoms in total. The first-order valence-electron chi connectivity index (χ1n) is 7.40. The van der Waals surface area contributed by atoms with Crippen LogP contribution in [0.4, 0.5) is 10.1 Å². The first-order chi connectivity index (χ1) is 10.5. The van der Waals surface area contributed by atoms with Crippen molar-refractivity contribution >= 4 is 23.0 Å². The lowest BCUT2D eigenvalue weighted by Crippen LogP contribution is -2.29. The molecule has 0 aliphatic carbocycles. The van der Waals surface area contributed by atoms with E-state index in [9.17, 15) is 4.39 Å². The van der Waals surface area contributed by atoms with Crippen LogP contribution in [-0.2, 0) is 6.42 Å². The topological polar surface area (TPSA) is 24.1 Å². The Morgan fingerprint density at radius 2 is 1.68 bits per heavy atom. The molecule has 0 aromatic heterocycles. The molecule has 2 rings (SSSR count). The molecule has 0 fully saturated rings. The summed E-state index contributed by atoms with van der Waals surface area (Å²) < 4.78 is 12.8. The largest absolute Gasteiger partial charge is 0.362 e. The van der Waals surface area contributed by atoms with Crippen LogP contribution in [0.1, 0.15) is 23.1 Å². The van der Waals surface area contributed by atoms with E-state index in [-0.39, 0.29) is 5.82 Å². The molecule has 0 unspecified atom stereocenters. The predicted molar refractivity (Wildman–Crippen MR) is 94.9 cm³/mol. The van der Waals surface area contributed by atoms with E-state index >= 15 is 0 Å². The van der Waals surface area contributed by atoms with E-state index in [1.165, 1.54) is 23.3 Å². The van der Waals surface area contributed by atoms with Gasteiger partial charge in [0.15, 0.2) is 5.11 Å². The van der Waals surface area contributed by atoms with Crippen molar-refractivity contribution in [2.45, 2.75) is 26.7 Å². The molecule has 0 atom stereocenters. The minimum Gasteiger partial charge on any atom is -0.362 e. The summed E-state index contributed by atoms with van der Waals surface area (Å²) in [4.78, 5) is 0. The van der Waals surface area contributed by atoms with Crippen molar-refractivity contribution in [2.24, 2.45) is 0 Å². The Hall–Kier alpha value is -1.94. The van der Waals surface area contributed by atoms with Crippen LogP contribution in [0.5, 0.6) is 0 Å². The Morgan fingerprint density at radius 1 is 1.05 bits per heavy atom. The minimum atomic E-state index is -0.194. The summed E-state index contributed by atoms with van der Waals surface area (Å²) in [5.74, 6) is -0.194. The highest BCUT2D eigenvalue weighted by atomic mass is 32.1. The van der Waals surface area contributed by atoms with Gasteiger partial charge < -0.3 is 10.6 Å². The summed E-state index contributed by atoms with van der Waals surface area (Å²) in [6, 6.07) is 12.9. The second-order valence-electron chi connectivity index (χ2n) is 5.49. The lowest BCUT2D eigenvalue weighted by molar-refractivity contribution is 0.626. The summed E-state index contributed by atoms with van der Waals surface area (Å²) >= 11 is 5.30. The Bertz CT molecular complexity index is 618. The Kier molecular flexibility index (Phi) is 5.90. The predicted octanol–water partition coefficient (Wildman–Crippen LogP) is 4.36. The summed E-state index contributed by atoms with van der Waals surface area (Å²) in [5.41, 5.74) is 4.56. The zero-order chi connectivity index (χ0) is 15.9. The van der Waals surface area contributed by atoms with E-state index in [4.69, 9.17) is 12.2 Å².